The van der Waals surface area contributed by atoms with E-state index >= 15 is 0 Å². The molecule has 0 amide bonds. The Morgan fingerprint density at radius 2 is 2.00 bits per heavy atom. The molecule has 3 N–H and O–H groups in total. The Balaban J connectivity index is 1.73. The lowest BCUT2D eigenvalue weighted by atomic mass is 9.64. The molecule has 30 heavy (non-hydrogen) atoms. The Morgan fingerprint density at radius 3 is 2.70 bits per heavy atom. The van der Waals surface area contributed by atoms with Crippen molar-refractivity contribution in [1.82, 2.24) is 0 Å². The SMILES string of the molecule is C=C1/C(=C\C=C2/CCC[C@]3(C)C(C(C)SC[C@@H](O)C(C)C)=CC[C@@H]23)C[C@@H](O)C[C@@H]1O. The van der Waals surface area contributed by atoms with Gasteiger partial charge in [-0.25, -0.2) is 0 Å². The lowest BCUT2D eigenvalue weighted by Gasteiger charge is -2.42. The van der Waals surface area contributed by atoms with Gasteiger partial charge in [-0.2, -0.15) is 11.8 Å². The molecule has 3 rings (SSSR count). The third kappa shape index (κ3) is 4.98. The Morgan fingerprint density at radius 1 is 1.27 bits per heavy atom. The fourth-order valence-electron chi connectivity index (χ4n) is 5.47. The van der Waals surface area contributed by atoms with Crippen LogP contribution in [0, 0.1) is 17.3 Å². The number of thioether (sulfide) groups is 1. The maximum absolute atomic E-state index is 10.2. The molecule has 2 fully saturated rings. The van der Waals surface area contributed by atoms with Crippen LogP contribution in [0.4, 0.5) is 0 Å². The molecule has 0 bridgehead atoms. The van der Waals surface area contributed by atoms with Gasteiger partial charge in [0.25, 0.3) is 0 Å². The zero-order chi connectivity index (χ0) is 22.1. The first-order chi connectivity index (χ1) is 14.1. The Bertz CT molecular complexity index is 735. The van der Waals surface area contributed by atoms with Crippen LogP contribution in [-0.4, -0.2) is 44.6 Å². The maximum atomic E-state index is 10.2. The molecule has 6 atom stereocenters. The molecule has 168 valence electrons. The van der Waals surface area contributed by atoms with Crippen molar-refractivity contribution in [3.63, 3.8) is 0 Å². The van der Waals surface area contributed by atoms with E-state index in [1.165, 1.54) is 18.4 Å². The molecule has 3 aliphatic carbocycles. The van der Waals surface area contributed by atoms with E-state index in [0.717, 1.165) is 29.7 Å². The van der Waals surface area contributed by atoms with Crippen molar-refractivity contribution >= 4 is 11.8 Å². The molecule has 0 radical (unpaired) electrons. The zero-order valence-corrected chi connectivity index (χ0v) is 19.9. The quantitative estimate of drug-likeness (QED) is 0.506. The molecule has 3 aliphatic rings. The average Bonchev–Trinajstić information content (AvgIpc) is 3.04. The molecule has 0 aromatic rings. The predicted molar refractivity (Wildman–Crippen MR) is 127 cm³/mol. The van der Waals surface area contributed by atoms with Gasteiger partial charge in [0, 0.05) is 17.4 Å². The molecule has 2 saturated carbocycles. The summed E-state index contributed by atoms with van der Waals surface area (Å²) in [5.41, 5.74) is 4.98. The Hall–Kier alpha value is -0.810. The minimum Gasteiger partial charge on any atom is -0.393 e. The molecule has 0 heterocycles. The molecule has 0 saturated heterocycles. The van der Waals surface area contributed by atoms with Crippen molar-refractivity contribution in [2.45, 2.75) is 89.8 Å². The van der Waals surface area contributed by atoms with Crippen molar-refractivity contribution in [3.05, 3.63) is 47.1 Å². The summed E-state index contributed by atoms with van der Waals surface area (Å²) in [7, 11) is 0. The monoisotopic (exact) mass is 432 g/mol. The van der Waals surface area contributed by atoms with E-state index in [0.29, 0.717) is 29.9 Å². The van der Waals surface area contributed by atoms with Crippen LogP contribution >= 0.6 is 11.8 Å². The van der Waals surface area contributed by atoms with Crippen LogP contribution < -0.4 is 0 Å². The second kappa shape index (κ2) is 9.77. The van der Waals surface area contributed by atoms with Crippen LogP contribution in [-0.2, 0) is 0 Å². The van der Waals surface area contributed by atoms with E-state index in [4.69, 9.17) is 0 Å². The van der Waals surface area contributed by atoms with Crippen LogP contribution in [0.15, 0.2) is 47.1 Å². The fourth-order valence-corrected chi connectivity index (χ4v) is 6.89. The van der Waals surface area contributed by atoms with E-state index in [2.05, 4.69) is 52.5 Å². The third-order valence-electron chi connectivity index (χ3n) is 7.60. The predicted octanol–water partition coefficient (Wildman–Crippen LogP) is 5.19. The van der Waals surface area contributed by atoms with E-state index in [1.54, 1.807) is 5.57 Å². The number of aliphatic hydroxyl groups is 3. The highest BCUT2D eigenvalue weighted by Gasteiger charge is 2.46. The first-order valence-electron chi connectivity index (χ1n) is 11.6. The number of rotatable bonds is 6. The molecule has 0 aromatic carbocycles. The van der Waals surface area contributed by atoms with Crippen molar-refractivity contribution in [2.24, 2.45) is 17.3 Å². The number of hydrogen-bond donors (Lipinski definition) is 3. The first kappa shape index (κ1) is 23.8. The minimum absolute atomic E-state index is 0.195. The van der Waals surface area contributed by atoms with Gasteiger partial charge in [0.05, 0.1) is 18.3 Å². The normalized spacial score (nSPS) is 36.9. The summed E-state index contributed by atoms with van der Waals surface area (Å²) in [6.07, 6.45) is 11.1. The van der Waals surface area contributed by atoms with E-state index in [1.807, 2.05) is 11.8 Å². The van der Waals surface area contributed by atoms with Gasteiger partial charge in [0.15, 0.2) is 0 Å². The summed E-state index contributed by atoms with van der Waals surface area (Å²) < 4.78 is 0. The first-order valence-corrected chi connectivity index (χ1v) is 12.6. The molecule has 4 heteroatoms. The van der Waals surface area contributed by atoms with Gasteiger partial charge in [0.2, 0.25) is 0 Å². The molecule has 0 spiro atoms. The van der Waals surface area contributed by atoms with Gasteiger partial charge in [-0.05, 0) is 67.4 Å². The molecule has 0 aliphatic heterocycles. The Kier molecular flexibility index (Phi) is 7.76. The maximum Gasteiger partial charge on any atom is 0.0811 e. The second-order valence-corrected chi connectivity index (χ2v) is 11.4. The summed E-state index contributed by atoms with van der Waals surface area (Å²) in [5.74, 6) is 1.62. The van der Waals surface area contributed by atoms with E-state index < -0.39 is 12.2 Å². The molecule has 0 aromatic heterocycles. The van der Waals surface area contributed by atoms with E-state index in [-0.39, 0.29) is 11.5 Å². The Labute approximate surface area is 187 Å². The van der Waals surface area contributed by atoms with Gasteiger partial charge in [-0.3, -0.25) is 0 Å². The summed E-state index contributed by atoms with van der Waals surface area (Å²) >= 11 is 1.89. The van der Waals surface area contributed by atoms with Gasteiger partial charge in [-0.15, -0.1) is 0 Å². The number of hydrogen-bond acceptors (Lipinski definition) is 4. The number of aliphatic hydroxyl groups excluding tert-OH is 3. The van der Waals surface area contributed by atoms with Crippen LogP contribution in [0.3, 0.4) is 0 Å². The second-order valence-electron chi connectivity index (χ2n) is 10.1. The highest BCUT2D eigenvalue weighted by atomic mass is 32.2. The van der Waals surface area contributed by atoms with Gasteiger partial charge < -0.3 is 15.3 Å². The summed E-state index contributed by atoms with van der Waals surface area (Å²) in [6, 6.07) is 0. The molecule has 1 unspecified atom stereocenters. The minimum atomic E-state index is -0.631. The van der Waals surface area contributed by atoms with E-state index in [9.17, 15) is 15.3 Å². The van der Waals surface area contributed by atoms with Gasteiger partial charge in [0.1, 0.15) is 0 Å². The molecular weight excluding hydrogens is 392 g/mol. The largest absolute Gasteiger partial charge is 0.393 e. The summed E-state index contributed by atoms with van der Waals surface area (Å²) in [6.45, 7) is 12.9. The highest BCUT2D eigenvalue weighted by molar-refractivity contribution is 8.00. The van der Waals surface area contributed by atoms with Crippen LogP contribution in [0.25, 0.3) is 0 Å². The molecular formula is C26H40O3S. The van der Waals surface area contributed by atoms with Crippen LogP contribution in [0.1, 0.15) is 66.2 Å². The summed E-state index contributed by atoms with van der Waals surface area (Å²) in [5, 5.41) is 30.8. The van der Waals surface area contributed by atoms with Crippen molar-refractivity contribution < 1.29 is 15.3 Å². The third-order valence-corrected chi connectivity index (χ3v) is 8.89. The summed E-state index contributed by atoms with van der Waals surface area (Å²) in [4.78, 5) is 0. The fraction of sp³-hybridized carbons (Fsp3) is 0.692. The average molecular weight is 433 g/mol. The van der Waals surface area contributed by atoms with Gasteiger partial charge >= 0.3 is 0 Å². The smallest absolute Gasteiger partial charge is 0.0811 e. The lowest BCUT2D eigenvalue weighted by molar-refractivity contribution is 0.0862. The van der Waals surface area contributed by atoms with Crippen molar-refractivity contribution in [3.8, 4) is 0 Å². The highest BCUT2D eigenvalue weighted by Crippen LogP contribution is 2.56. The van der Waals surface area contributed by atoms with Gasteiger partial charge in [-0.1, -0.05) is 56.7 Å². The lowest BCUT2D eigenvalue weighted by Crippen LogP contribution is -2.33. The van der Waals surface area contributed by atoms with Crippen LogP contribution in [0.5, 0.6) is 0 Å². The number of fused-ring (bicyclic) bond motifs is 1. The van der Waals surface area contributed by atoms with Crippen molar-refractivity contribution in [2.75, 3.05) is 5.75 Å². The zero-order valence-electron chi connectivity index (χ0n) is 19.1. The topological polar surface area (TPSA) is 60.7 Å². The molecule has 3 nitrogen and oxygen atoms in total. The van der Waals surface area contributed by atoms with Crippen LogP contribution in [0.2, 0.25) is 0 Å². The number of allylic oxidation sites excluding steroid dienone is 4. The van der Waals surface area contributed by atoms with Crippen molar-refractivity contribution in [1.29, 1.82) is 0 Å². The standard InChI is InChI=1S/C26H40O3S/c1-16(2)25(29)15-30-18(4)22-10-11-23-19(7-6-12-26(22,23)5)8-9-20-13-21(27)14-24(28)17(20)3/h8-10,16,18,21,23-25,27-29H,3,6-7,11-15H2,1-2,4-5H3/b19-8+,20-9-/t18?,21-,23+,24+,25-,26-/m1/s1.